The van der Waals surface area contributed by atoms with Crippen LogP contribution in [0.1, 0.15) is 5.82 Å². The zero-order valence-electron chi connectivity index (χ0n) is 9.43. The van der Waals surface area contributed by atoms with E-state index in [0.717, 1.165) is 50.2 Å². The molecule has 2 rings (SSSR count). The summed E-state index contributed by atoms with van der Waals surface area (Å²) >= 11 is 1.51. The molecule has 0 aliphatic carbocycles. The van der Waals surface area contributed by atoms with Gasteiger partial charge in [-0.2, -0.15) is 0 Å². The number of hydrogen-bond acceptors (Lipinski definition) is 6. The van der Waals surface area contributed by atoms with E-state index in [1.54, 1.807) is 4.68 Å². The minimum atomic E-state index is 0.761. The summed E-state index contributed by atoms with van der Waals surface area (Å²) in [5, 5.41) is 8.85. The third kappa shape index (κ3) is 2.66. The molecule has 90 valence electrons. The molecular formula is C9H17N5OS. The first kappa shape index (κ1) is 11.7. The van der Waals surface area contributed by atoms with Crippen LogP contribution < -0.4 is 5.84 Å². The first-order chi connectivity index (χ1) is 7.81. The Morgan fingerprint density at radius 3 is 2.75 bits per heavy atom. The number of hydrogen-bond donors (Lipinski definition) is 1. The maximum atomic E-state index is 5.86. The van der Waals surface area contributed by atoms with E-state index < -0.39 is 0 Å². The molecule has 2 N–H and O–H groups in total. The number of ether oxygens (including phenoxy) is 1. The second kappa shape index (κ2) is 5.51. The summed E-state index contributed by atoms with van der Waals surface area (Å²) in [5.41, 5.74) is 0. The molecule has 16 heavy (non-hydrogen) atoms. The smallest absolute Gasteiger partial charge is 0.209 e. The molecule has 1 aromatic rings. The van der Waals surface area contributed by atoms with Gasteiger partial charge >= 0.3 is 0 Å². The topological polar surface area (TPSA) is 69.2 Å². The molecule has 0 radical (unpaired) electrons. The monoisotopic (exact) mass is 243 g/mol. The van der Waals surface area contributed by atoms with Gasteiger partial charge in [0.2, 0.25) is 5.16 Å². The lowest BCUT2D eigenvalue weighted by molar-refractivity contribution is 0.0381. The predicted octanol–water partition coefficient (Wildman–Crippen LogP) is -0.411. The molecule has 1 aliphatic rings. The lowest BCUT2D eigenvalue weighted by atomic mass is 10.3. The summed E-state index contributed by atoms with van der Waals surface area (Å²) in [4.78, 5) is 2.36. The lowest BCUT2D eigenvalue weighted by Gasteiger charge is -2.26. The molecule has 1 saturated heterocycles. The molecule has 0 spiro atoms. The van der Waals surface area contributed by atoms with E-state index in [1.165, 1.54) is 11.8 Å². The molecule has 0 saturated carbocycles. The van der Waals surface area contributed by atoms with Gasteiger partial charge in [0.1, 0.15) is 0 Å². The van der Waals surface area contributed by atoms with Gasteiger partial charge in [0.05, 0.1) is 13.2 Å². The van der Waals surface area contributed by atoms with E-state index in [9.17, 15) is 0 Å². The van der Waals surface area contributed by atoms with E-state index in [4.69, 9.17) is 10.6 Å². The SMILES string of the molecule is CSc1nnc(CCN2CCOCC2)n1N. The van der Waals surface area contributed by atoms with Crippen molar-refractivity contribution in [1.29, 1.82) is 0 Å². The highest BCUT2D eigenvalue weighted by Crippen LogP contribution is 2.10. The van der Waals surface area contributed by atoms with Gasteiger partial charge in [0, 0.05) is 26.1 Å². The van der Waals surface area contributed by atoms with E-state index in [0.29, 0.717) is 0 Å². The Kier molecular flexibility index (Phi) is 4.03. The van der Waals surface area contributed by atoms with Crippen molar-refractivity contribution in [3.05, 3.63) is 5.82 Å². The fraction of sp³-hybridized carbons (Fsp3) is 0.778. The van der Waals surface area contributed by atoms with Crippen molar-refractivity contribution in [1.82, 2.24) is 19.8 Å². The Balaban J connectivity index is 1.86. The van der Waals surface area contributed by atoms with E-state index in [2.05, 4.69) is 15.1 Å². The average molecular weight is 243 g/mol. The van der Waals surface area contributed by atoms with Crippen molar-refractivity contribution in [2.45, 2.75) is 11.6 Å². The molecule has 0 amide bonds. The quantitative estimate of drug-likeness (QED) is 0.572. The summed E-state index contributed by atoms with van der Waals surface area (Å²) in [6, 6.07) is 0. The van der Waals surface area contributed by atoms with Crippen LogP contribution in [0.3, 0.4) is 0 Å². The highest BCUT2D eigenvalue weighted by molar-refractivity contribution is 7.98. The first-order valence-corrected chi connectivity index (χ1v) is 6.57. The summed E-state index contributed by atoms with van der Waals surface area (Å²) in [6.45, 7) is 4.60. The second-order valence-corrected chi connectivity index (χ2v) is 4.45. The molecule has 7 heteroatoms. The molecule has 2 heterocycles. The van der Waals surface area contributed by atoms with Crippen molar-refractivity contribution in [3.8, 4) is 0 Å². The van der Waals surface area contributed by atoms with Crippen LogP contribution in [0.15, 0.2) is 5.16 Å². The number of nitrogen functional groups attached to an aromatic ring is 1. The Bertz CT molecular complexity index is 337. The van der Waals surface area contributed by atoms with Crippen LogP contribution in [0.2, 0.25) is 0 Å². The highest BCUT2D eigenvalue weighted by Gasteiger charge is 2.13. The Morgan fingerprint density at radius 2 is 2.12 bits per heavy atom. The molecule has 1 aromatic heterocycles. The summed E-state index contributed by atoms with van der Waals surface area (Å²) in [5.74, 6) is 6.70. The van der Waals surface area contributed by atoms with Gasteiger partial charge in [0.25, 0.3) is 0 Å². The number of rotatable bonds is 4. The van der Waals surface area contributed by atoms with Gasteiger partial charge in [0.15, 0.2) is 5.82 Å². The average Bonchev–Trinajstić information content (AvgIpc) is 2.69. The van der Waals surface area contributed by atoms with Crippen LogP contribution in [0.4, 0.5) is 0 Å². The third-order valence-electron chi connectivity index (χ3n) is 2.67. The van der Waals surface area contributed by atoms with E-state index in [1.807, 2.05) is 6.26 Å². The molecule has 0 atom stereocenters. The first-order valence-electron chi connectivity index (χ1n) is 5.34. The van der Waals surface area contributed by atoms with Crippen LogP contribution in [-0.4, -0.2) is 58.9 Å². The molecule has 0 bridgehead atoms. The summed E-state index contributed by atoms with van der Waals surface area (Å²) in [7, 11) is 0. The number of thioether (sulfide) groups is 1. The predicted molar refractivity (Wildman–Crippen MR) is 62.9 cm³/mol. The fourth-order valence-corrected chi connectivity index (χ4v) is 2.12. The van der Waals surface area contributed by atoms with Gasteiger partial charge < -0.3 is 10.6 Å². The highest BCUT2D eigenvalue weighted by atomic mass is 32.2. The molecule has 6 nitrogen and oxygen atoms in total. The third-order valence-corrected chi connectivity index (χ3v) is 3.32. The lowest BCUT2D eigenvalue weighted by Crippen LogP contribution is -2.37. The minimum absolute atomic E-state index is 0.761. The summed E-state index contributed by atoms with van der Waals surface area (Å²) < 4.78 is 6.87. The summed E-state index contributed by atoms with van der Waals surface area (Å²) in [6.07, 6.45) is 2.78. The largest absolute Gasteiger partial charge is 0.379 e. The number of nitrogens with two attached hydrogens (primary N) is 1. The van der Waals surface area contributed by atoms with Crippen molar-refractivity contribution < 1.29 is 4.74 Å². The number of morpholine rings is 1. The fourth-order valence-electron chi connectivity index (χ4n) is 1.70. The van der Waals surface area contributed by atoms with E-state index in [-0.39, 0.29) is 0 Å². The second-order valence-electron chi connectivity index (χ2n) is 3.68. The minimum Gasteiger partial charge on any atom is -0.379 e. The molecule has 1 fully saturated rings. The van der Waals surface area contributed by atoms with Crippen molar-refractivity contribution >= 4 is 11.8 Å². The zero-order chi connectivity index (χ0) is 11.4. The standard InChI is InChI=1S/C9H17N5OS/c1-16-9-12-11-8(14(9)10)2-3-13-4-6-15-7-5-13/h2-7,10H2,1H3. The van der Waals surface area contributed by atoms with Gasteiger partial charge in [-0.15, -0.1) is 10.2 Å². The molecule has 0 aromatic carbocycles. The zero-order valence-corrected chi connectivity index (χ0v) is 10.2. The Hall–Kier alpha value is -0.790. The van der Waals surface area contributed by atoms with Crippen LogP contribution >= 0.6 is 11.8 Å². The van der Waals surface area contributed by atoms with Gasteiger partial charge in [-0.25, -0.2) is 4.68 Å². The van der Waals surface area contributed by atoms with Gasteiger partial charge in [-0.05, 0) is 6.26 Å². The molecule has 0 unspecified atom stereocenters. The van der Waals surface area contributed by atoms with Crippen LogP contribution in [0.25, 0.3) is 0 Å². The maximum absolute atomic E-state index is 5.86. The van der Waals surface area contributed by atoms with Crippen LogP contribution in [-0.2, 0) is 11.2 Å². The van der Waals surface area contributed by atoms with Crippen molar-refractivity contribution in [2.24, 2.45) is 0 Å². The van der Waals surface area contributed by atoms with Crippen LogP contribution in [0.5, 0.6) is 0 Å². The number of aromatic nitrogens is 3. The molecular weight excluding hydrogens is 226 g/mol. The Labute approximate surface area is 99.1 Å². The maximum Gasteiger partial charge on any atom is 0.209 e. The molecule has 1 aliphatic heterocycles. The van der Waals surface area contributed by atoms with Gasteiger partial charge in [-0.1, -0.05) is 11.8 Å². The van der Waals surface area contributed by atoms with Crippen LogP contribution in [0, 0.1) is 0 Å². The number of nitrogens with zero attached hydrogens (tertiary/aromatic N) is 4. The van der Waals surface area contributed by atoms with E-state index >= 15 is 0 Å². The normalized spacial score (nSPS) is 17.8. The Morgan fingerprint density at radius 1 is 1.38 bits per heavy atom. The van der Waals surface area contributed by atoms with Crippen molar-refractivity contribution in [3.63, 3.8) is 0 Å². The van der Waals surface area contributed by atoms with Gasteiger partial charge in [-0.3, -0.25) is 4.90 Å². The van der Waals surface area contributed by atoms with Crippen molar-refractivity contribution in [2.75, 3.05) is 44.9 Å².